The number of hydrogen-bond donors (Lipinski definition) is 3. The average Bonchev–Trinajstić information content (AvgIpc) is 2.37. The molecule has 0 saturated heterocycles. The van der Waals surface area contributed by atoms with Crippen LogP contribution in [0.4, 0.5) is 11.4 Å². The number of hydrogen-bond acceptors (Lipinski definition) is 4. The van der Waals surface area contributed by atoms with E-state index in [9.17, 15) is 5.11 Å². The Kier molecular flexibility index (Phi) is 3.67. The zero-order valence-corrected chi connectivity index (χ0v) is 10.7. The number of para-hydroxylation sites is 1. The second-order valence-electron chi connectivity index (χ2n) is 4.78. The van der Waals surface area contributed by atoms with Crippen molar-refractivity contribution in [3.05, 3.63) is 30.5 Å². The fraction of sp³-hybridized carbons (Fsp3) is 0.357. The number of nitrogens with one attached hydrogen (secondary N) is 1. The molecule has 0 aliphatic heterocycles. The van der Waals surface area contributed by atoms with E-state index in [0.717, 1.165) is 16.6 Å². The number of aromatic nitrogens is 1. The lowest BCUT2D eigenvalue weighted by molar-refractivity contribution is 0.249. The molecule has 0 aliphatic rings. The lowest BCUT2D eigenvalue weighted by Gasteiger charge is -2.23. The molecule has 2 aromatic rings. The first kappa shape index (κ1) is 12.6. The molecular weight excluding hydrogens is 226 g/mol. The van der Waals surface area contributed by atoms with Gasteiger partial charge in [0, 0.05) is 5.39 Å². The third kappa shape index (κ3) is 2.38. The molecule has 0 radical (unpaired) electrons. The fourth-order valence-electron chi connectivity index (χ4n) is 1.93. The van der Waals surface area contributed by atoms with E-state index >= 15 is 0 Å². The topological polar surface area (TPSA) is 71.2 Å². The number of anilines is 2. The van der Waals surface area contributed by atoms with E-state index in [1.54, 1.807) is 6.20 Å². The van der Waals surface area contributed by atoms with E-state index < -0.39 is 0 Å². The molecule has 1 atom stereocenters. The van der Waals surface area contributed by atoms with Gasteiger partial charge >= 0.3 is 0 Å². The summed E-state index contributed by atoms with van der Waals surface area (Å²) < 4.78 is 0. The van der Waals surface area contributed by atoms with Gasteiger partial charge < -0.3 is 16.2 Å². The zero-order chi connectivity index (χ0) is 13.1. The van der Waals surface area contributed by atoms with Crippen LogP contribution in [0.5, 0.6) is 0 Å². The van der Waals surface area contributed by atoms with Gasteiger partial charge in [0.2, 0.25) is 0 Å². The highest BCUT2D eigenvalue weighted by atomic mass is 16.3. The Morgan fingerprint density at radius 2 is 2.06 bits per heavy atom. The third-order valence-electron chi connectivity index (χ3n) is 3.14. The van der Waals surface area contributed by atoms with Gasteiger partial charge in [-0.15, -0.1) is 0 Å². The molecule has 1 aromatic heterocycles. The maximum atomic E-state index is 9.40. The minimum absolute atomic E-state index is 0.0156. The maximum absolute atomic E-state index is 9.40. The van der Waals surface area contributed by atoms with Crippen LogP contribution in [0, 0.1) is 5.92 Å². The third-order valence-corrected chi connectivity index (χ3v) is 3.14. The van der Waals surface area contributed by atoms with Crippen LogP contribution < -0.4 is 11.1 Å². The van der Waals surface area contributed by atoms with Crippen molar-refractivity contribution in [3.63, 3.8) is 0 Å². The summed E-state index contributed by atoms with van der Waals surface area (Å²) in [6.07, 6.45) is 1.65. The van der Waals surface area contributed by atoms with Crippen LogP contribution in [-0.4, -0.2) is 22.7 Å². The normalized spacial score (nSPS) is 12.9. The summed E-state index contributed by atoms with van der Waals surface area (Å²) in [6, 6.07) is 7.82. The van der Waals surface area contributed by atoms with E-state index in [2.05, 4.69) is 24.1 Å². The number of benzene rings is 1. The molecule has 0 aliphatic carbocycles. The highest BCUT2D eigenvalue weighted by Gasteiger charge is 2.15. The number of rotatable bonds is 4. The Morgan fingerprint density at radius 1 is 1.33 bits per heavy atom. The Balaban J connectivity index is 2.45. The van der Waals surface area contributed by atoms with Crippen LogP contribution >= 0.6 is 0 Å². The number of aliphatic hydroxyl groups excluding tert-OH is 1. The molecule has 4 nitrogen and oxygen atoms in total. The first-order chi connectivity index (χ1) is 8.63. The molecule has 0 bridgehead atoms. The summed E-state index contributed by atoms with van der Waals surface area (Å²) in [4.78, 5) is 4.29. The molecule has 0 spiro atoms. The van der Waals surface area contributed by atoms with Gasteiger partial charge in [0.25, 0.3) is 0 Å². The Hall–Kier alpha value is -1.81. The van der Waals surface area contributed by atoms with E-state index in [1.165, 1.54) is 0 Å². The van der Waals surface area contributed by atoms with Crippen LogP contribution in [0.25, 0.3) is 10.9 Å². The summed E-state index contributed by atoms with van der Waals surface area (Å²) in [5.41, 5.74) is 8.34. The Labute approximate surface area is 107 Å². The van der Waals surface area contributed by atoms with E-state index in [-0.39, 0.29) is 12.6 Å². The number of nitrogens with zero attached hydrogens (tertiary/aromatic N) is 1. The summed E-state index contributed by atoms with van der Waals surface area (Å²) in [6.45, 7) is 4.20. The number of fused-ring (bicyclic) bond motifs is 1. The molecule has 0 amide bonds. The smallest absolute Gasteiger partial charge is 0.0743 e. The summed E-state index contributed by atoms with van der Waals surface area (Å²) >= 11 is 0. The van der Waals surface area contributed by atoms with Gasteiger partial charge in [-0.1, -0.05) is 32.0 Å². The van der Waals surface area contributed by atoms with Crippen LogP contribution in [0.2, 0.25) is 0 Å². The zero-order valence-electron chi connectivity index (χ0n) is 10.7. The predicted molar refractivity (Wildman–Crippen MR) is 75.5 cm³/mol. The Bertz CT molecular complexity index is 540. The SMILES string of the molecule is CC(C)C(CO)Nc1c(N)cnc2ccccc12. The van der Waals surface area contributed by atoms with Gasteiger partial charge in [-0.25, -0.2) is 0 Å². The molecule has 1 unspecified atom stereocenters. The first-order valence-corrected chi connectivity index (χ1v) is 6.14. The van der Waals surface area contributed by atoms with Crippen molar-refractivity contribution in [2.45, 2.75) is 19.9 Å². The monoisotopic (exact) mass is 245 g/mol. The van der Waals surface area contributed by atoms with Crippen LogP contribution in [0.15, 0.2) is 30.5 Å². The van der Waals surface area contributed by atoms with Crippen LogP contribution in [-0.2, 0) is 0 Å². The minimum Gasteiger partial charge on any atom is -0.396 e. The van der Waals surface area contributed by atoms with Crippen LogP contribution in [0.3, 0.4) is 0 Å². The molecule has 0 fully saturated rings. The van der Waals surface area contributed by atoms with E-state index in [0.29, 0.717) is 11.6 Å². The molecule has 4 N–H and O–H groups in total. The molecular formula is C14H19N3O. The first-order valence-electron chi connectivity index (χ1n) is 6.14. The van der Waals surface area contributed by atoms with Crippen molar-refractivity contribution in [1.82, 2.24) is 4.98 Å². The van der Waals surface area contributed by atoms with Gasteiger partial charge in [-0.05, 0) is 12.0 Å². The average molecular weight is 245 g/mol. The molecule has 2 rings (SSSR count). The quantitative estimate of drug-likeness (QED) is 0.772. The number of pyridine rings is 1. The molecule has 18 heavy (non-hydrogen) atoms. The van der Waals surface area contributed by atoms with Crippen molar-refractivity contribution in [3.8, 4) is 0 Å². The second kappa shape index (κ2) is 5.23. The molecule has 96 valence electrons. The predicted octanol–water partition coefficient (Wildman–Crippen LogP) is 2.25. The van der Waals surface area contributed by atoms with Gasteiger partial charge in [-0.2, -0.15) is 0 Å². The molecule has 1 heterocycles. The summed E-state index contributed by atoms with van der Waals surface area (Å²) in [7, 11) is 0. The summed E-state index contributed by atoms with van der Waals surface area (Å²) in [5, 5.41) is 13.7. The molecule has 0 saturated carbocycles. The van der Waals surface area contributed by atoms with Gasteiger partial charge in [0.1, 0.15) is 0 Å². The number of nitrogen functional groups attached to an aromatic ring is 1. The molecule has 1 aromatic carbocycles. The van der Waals surface area contributed by atoms with Crippen molar-refractivity contribution >= 4 is 22.3 Å². The standard InChI is InChI=1S/C14H19N3O/c1-9(2)13(8-18)17-14-10-5-3-4-6-12(10)16-7-11(14)15/h3-7,9,13,18H,8,15H2,1-2H3,(H,16,17). The second-order valence-corrected chi connectivity index (χ2v) is 4.78. The highest BCUT2D eigenvalue weighted by molar-refractivity contribution is 5.96. The van der Waals surface area contributed by atoms with Crippen molar-refractivity contribution in [1.29, 1.82) is 0 Å². The van der Waals surface area contributed by atoms with E-state index in [1.807, 2.05) is 24.3 Å². The highest BCUT2D eigenvalue weighted by Crippen LogP contribution is 2.28. The van der Waals surface area contributed by atoms with Crippen molar-refractivity contribution < 1.29 is 5.11 Å². The van der Waals surface area contributed by atoms with Gasteiger partial charge in [0.15, 0.2) is 0 Å². The number of aliphatic hydroxyl groups is 1. The van der Waals surface area contributed by atoms with Crippen molar-refractivity contribution in [2.75, 3.05) is 17.7 Å². The fourth-order valence-corrected chi connectivity index (χ4v) is 1.93. The van der Waals surface area contributed by atoms with Crippen LogP contribution in [0.1, 0.15) is 13.8 Å². The van der Waals surface area contributed by atoms with Crippen molar-refractivity contribution in [2.24, 2.45) is 5.92 Å². The minimum atomic E-state index is -0.0156. The maximum Gasteiger partial charge on any atom is 0.0743 e. The van der Waals surface area contributed by atoms with Gasteiger partial charge in [-0.3, -0.25) is 4.98 Å². The largest absolute Gasteiger partial charge is 0.396 e. The Morgan fingerprint density at radius 3 is 2.72 bits per heavy atom. The van der Waals surface area contributed by atoms with Gasteiger partial charge in [0.05, 0.1) is 35.7 Å². The number of nitrogens with two attached hydrogens (primary N) is 1. The lowest BCUT2D eigenvalue weighted by atomic mass is 10.0. The summed E-state index contributed by atoms with van der Waals surface area (Å²) in [5.74, 6) is 0.321. The molecule has 4 heteroatoms. The lowest BCUT2D eigenvalue weighted by Crippen LogP contribution is -2.29. The van der Waals surface area contributed by atoms with E-state index in [4.69, 9.17) is 5.73 Å².